The normalized spacial score (nSPS) is 17.9. The van der Waals surface area contributed by atoms with Crippen molar-refractivity contribution in [1.82, 2.24) is 5.01 Å². The summed E-state index contributed by atoms with van der Waals surface area (Å²) in [7, 11) is 11.4. The summed E-state index contributed by atoms with van der Waals surface area (Å²) in [5.74, 6) is -0.563. The fourth-order valence-electron chi connectivity index (χ4n) is 1.49. The van der Waals surface area contributed by atoms with Crippen LogP contribution in [0.2, 0.25) is 0 Å². The number of quaternary nitrogens is 1. The topological polar surface area (TPSA) is 37.4 Å². The molecule has 0 atom stereocenters. The third-order valence-electron chi connectivity index (χ3n) is 2.27. The van der Waals surface area contributed by atoms with Gasteiger partial charge in [0.2, 0.25) is 0 Å². The van der Waals surface area contributed by atoms with Gasteiger partial charge >= 0.3 is 16.0 Å². The van der Waals surface area contributed by atoms with E-state index in [1.165, 1.54) is 0 Å². The Morgan fingerprint density at radius 2 is 1.79 bits per heavy atom. The van der Waals surface area contributed by atoms with E-state index < -0.39 is 4.41 Å². The molecule has 6 heteroatoms. The van der Waals surface area contributed by atoms with Gasteiger partial charge in [-0.25, -0.2) is 0 Å². The Hall–Kier alpha value is -0.770. The largest absolute Gasteiger partial charge is 0.484 e. The van der Waals surface area contributed by atoms with Crippen molar-refractivity contribution in [2.45, 2.75) is 32.6 Å². The van der Waals surface area contributed by atoms with Gasteiger partial charge in [-0.15, -0.1) is 0 Å². The van der Waals surface area contributed by atoms with Crippen molar-refractivity contribution in [3.05, 3.63) is 0 Å². The van der Waals surface area contributed by atoms with E-state index in [0.717, 1.165) is 17.9 Å². The van der Waals surface area contributed by atoms with E-state index in [0.29, 0.717) is 6.54 Å². The molecule has 14 heavy (non-hydrogen) atoms. The van der Waals surface area contributed by atoms with Gasteiger partial charge in [-0.3, -0.25) is 9.59 Å². The summed E-state index contributed by atoms with van der Waals surface area (Å²) < 4.78 is -0.620. The summed E-state index contributed by atoms with van der Waals surface area (Å²) in [4.78, 5) is 22.6. The highest BCUT2D eigenvalue weighted by atomic mass is 16.2. The molecule has 0 aliphatic carbocycles. The third-order valence-corrected chi connectivity index (χ3v) is 2.27. The molecule has 2 amide bonds. The standard InChI is InChI=1S/C8H13B2N2O2/c1-2-3-6-12(9,10)11-7(13)4-5-8(11)14/h2-6H2,1H3/q+1. The maximum Gasteiger partial charge on any atom is 0.484 e. The molecule has 1 rings (SSSR count). The molecular formula is C8H13B2N2O2+. The van der Waals surface area contributed by atoms with Crippen molar-refractivity contribution in [2.24, 2.45) is 0 Å². The minimum absolute atomic E-state index is 0.222. The van der Waals surface area contributed by atoms with Gasteiger partial charge in [0.15, 0.2) is 0 Å². The van der Waals surface area contributed by atoms with Gasteiger partial charge in [-0.05, 0) is 6.42 Å². The quantitative estimate of drug-likeness (QED) is 0.457. The highest BCUT2D eigenvalue weighted by Crippen LogP contribution is 2.18. The van der Waals surface area contributed by atoms with E-state index in [4.69, 9.17) is 16.0 Å². The molecule has 1 aliphatic rings. The van der Waals surface area contributed by atoms with Crippen LogP contribution in [-0.2, 0) is 9.59 Å². The Bertz CT molecular complexity index is 240. The minimum Gasteiger partial charge on any atom is -0.352 e. The van der Waals surface area contributed by atoms with Gasteiger partial charge in [0, 0.05) is 12.8 Å². The fraction of sp³-hybridized carbons (Fsp3) is 0.750. The Labute approximate surface area is 86.7 Å². The molecular weight excluding hydrogens is 178 g/mol. The van der Waals surface area contributed by atoms with Crippen molar-refractivity contribution >= 4 is 27.8 Å². The Morgan fingerprint density at radius 1 is 1.29 bits per heavy atom. The van der Waals surface area contributed by atoms with E-state index in [1.54, 1.807) is 0 Å². The summed E-state index contributed by atoms with van der Waals surface area (Å²) >= 11 is 0. The first-order valence-electron chi connectivity index (χ1n) is 4.80. The van der Waals surface area contributed by atoms with E-state index in [1.807, 2.05) is 6.92 Å². The van der Waals surface area contributed by atoms with E-state index in [2.05, 4.69) is 0 Å². The molecule has 0 aromatic heterocycles. The maximum atomic E-state index is 11.3. The number of imide groups is 1. The molecule has 0 N–H and O–H groups in total. The number of carbonyl (C=O) groups is 2. The summed E-state index contributed by atoms with van der Waals surface area (Å²) in [6.07, 6.45) is 2.15. The lowest BCUT2D eigenvalue weighted by atomic mass is 10.1. The van der Waals surface area contributed by atoms with Crippen LogP contribution in [0, 0.1) is 0 Å². The molecule has 1 heterocycles. The SMILES string of the molecule is [B][N+]([B])(CCCC)N1C(=O)CCC1=O. The second-order valence-electron chi connectivity index (χ2n) is 3.56. The number of rotatable bonds is 4. The molecule has 0 unspecified atom stereocenters. The van der Waals surface area contributed by atoms with Crippen LogP contribution in [0.5, 0.6) is 0 Å². The van der Waals surface area contributed by atoms with Crippen molar-refractivity contribution < 1.29 is 14.0 Å². The van der Waals surface area contributed by atoms with E-state index in [-0.39, 0.29) is 24.7 Å². The Balaban J connectivity index is 2.69. The molecule has 0 aromatic carbocycles. The molecule has 4 nitrogen and oxygen atoms in total. The van der Waals surface area contributed by atoms with Crippen molar-refractivity contribution in [3.63, 3.8) is 0 Å². The predicted molar refractivity (Wildman–Crippen MR) is 52.6 cm³/mol. The zero-order chi connectivity index (χ0) is 10.8. The van der Waals surface area contributed by atoms with Crippen molar-refractivity contribution in [3.8, 4) is 0 Å². The monoisotopic (exact) mass is 191 g/mol. The van der Waals surface area contributed by atoms with Crippen LogP contribution in [0.1, 0.15) is 32.6 Å². The molecule has 72 valence electrons. The van der Waals surface area contributed by atoms with Crippen LogP contribution in [0.15, 0.2) is 0 Å². The van der Waals surface area contributed by atoms with Gasteiger partial charge < -0.3 is 4.41 Å². The van der Waals surface area contributed by atoms with Crippen LogP contribution in [0.3, 0.4) is 0 Å². The first-order valence-corrected chi connectivity index (χ1v) is 4.80. The number of hydrogen-bond acceptors (Lipinski definition) is 2. The van der Waals surface area contributed by atoms with Gasteiger partial charge in [-0.1, -0.05) is 13.3 Å². The average molecular weight is 191 g/mol. The summed E-state index contributed by atoms with van der Waals surface area (Å²) in [6.45, 7) is 2.39. The zero-order valence-corrected chi connectivity index (χ0v) is 8.40. The second-order valence-corrected chi connectivity index (χ2v) is 3.56. The second kappa shape index (κ2) is 4.17. The van der Waals surface area contributed by atoms with Gasteiger partial charge in [0.05, 0.1) is 6.54 Å². The first-order chi connectivity index (χ1) is 6.49. The summed E-state index contributed by atoms with van der Waals surface area (Å²) in [6, 6.07) is 0. The van der Waals surface area contributed by atoms with E-state index in [9.17, 15) is 9.59 Å². The molecule has 1 fully saturated rings. The van der Waals surface area contributed by atoms with Crippen LogP contribution in [-0.4, -0.2) is 43.7 Å². The molecule has 0 aromatic rings. The summed E-state index contributed by atoms with van der Waals surface area (Å²) in [5.41, 5.74) is 0. The fourth-order valence-corrected chi connectivity index (χ4v) is 1.49. The van der Waals surface area contributed by atoms with Gasteiger partial charge in [0.1, 0.15) is 0 Å². The Morgan fingerprint density at radius 3 is 2.21 bits per heavy atom. The van der Waals surface area contributed by atoms with Crippen LogP contribution in [0.4, 0.5) is 0 Å². The third kappa shape index (κ3) is 2.18. The number of amides is 2. The number of hydrogen-bond donors (Lipinski definition) is 0. The Kier molecular flexibility index (Phi) is 3.37. The highest BCUT2D eigenvalue weighted by Gasteiger charge is 2.40. The first kappa shape index (κ1) is 11.3. The van der Waals surface area contributed by atoms with Crippen molar-refractivity contribution in [1.29, 1.82) is 0 Å². The number of nitrogens with zero attached hydrogens (tertiary/aromatic N) is 2. The number of carbonyl (C=O) groups excluding carboxylic acids is 2. The molecule has 1 aliphatic heterocycles. The minimum atomic E-state index is -0.620. The van der Waals surface area contributed by atoms with E-state index >= 15 is 0 Å². The molecule has 1 saturated heterocycles. The molecule has 4 radical (unpaired) electrons. The van der Waals surface area contributed by atoms with Crippen LogP contribution >= 0.6 is 0 Å². The van der Waals surface area contributed by atoms with Gasteiger partial charge in [-0.2, -0.15) is 5.01 Å². The lowest BCUT2D eigenvalue weighted by Gasteiger charge is -2.37. The molecule has 0 saturated carbocycles. The lowest BCUT2D eigenvalue weighted by Crippen LogP contribution is -2.59. The van der Waals surface area contributed by atoms with Crippen LogP contribution < -0.4 is 0 Å². The predicted octanol–water partition coefficient (Wildman–Crippen LogP) is -0.166. The van der Waals surface area contributed by atoms with Crippen LogP contribution in [0.25, 0.3) is 0 Å². The molecule has 0 spiro atoms. The smallest absolute Gasteiger partial charge is 0.352 e. The van der Waals surface area contributed by atoms with Gasteiger partial charge in [0.25, 0.3) is 11.8 Å². The lowest BCUT2D eigenvalue weighted by molar-refractivity contribution is -0.802. The molecule has 0 bridgehead atoms. The zero-order valence-electron chi connectivity index (χ0n) is 8.40. The summed E-state index contributed by atoms with van der Waals surface area (Å²) in [5, 5.41) is 0.954. The van der Waals surface area contributed by atoms with Crippen molar-refractivity contribution in [2.75, 3.05) is 6.54 Å². The average Bonchev–Trinajstić information content (AvgIpc) is 2.43. The number of unbranched alkanes of at least 4 members (excludes halogenated alkanes) is 1. The maximum absolute atomic E-state index is 11.3. The highest BCUT2D eigenvalue weighted by molar-refractivity contribution is 6.17.